The summed E-state index contributed by atoms with van der Waals surface area (Å²) < 4.78 is 6.66. The second-order valence-corrected chi connectivity index (χ2v) is 5.48. The summed E-state index contributed by atoms with van der Waals surface area (Å²) in [6.45, 7) is 1.41. The van der Waals surface area contributed by atoms with Crippen molar-refractivity contribution in [3.8, 4) is 5.75 Å². The van der Waals surface area contributed by atoms with Crippen molar-refractivity contribution >= 4 is 53.5 Å². The maximum Gasteiger partial charge on any atom is 0.263 e. The Labute approximate surface area is 162 Å². The number of benzene rings is 1. The van der Waals surface area contributed by atoms with Gasteiger partial charge >= 0.3 is 0 Å². The van der Waals surface area contributed by atoms with Crippen molar-refractivity contribution in [1.29, 1.82) is 0 Å². The topological polar surface area (TPSA) is 93.6 Å². The van der Waals surface area contributed by atoms with E-state index in [1.54, 1.807) is 13.3 Å². The molecular formula is C14H20Cl3N7O. The first-order chi connectivity index (χ1) is 11.7. The summed E-state index contributed by atoms with van der Waals surface area (Å²) in [6, 6.07) is 5.79. The van der Waals surface area contributed by atoms with E-state index in [2.05, 4.69) is 25.6 Å². The molecule has 11 heteroatoms. The number of hydrazone groups is 1. The van der Waals surface area contributed by atoms with Crippen LogP contribution in [-0.4, -0.2) is 53.0 Å². The van der Waals surface area contributed by atoms with Crippen molar-refractivity contribution in [2.45, 2.75) is 0 Å². The van der Waals surface area contributed by atoms with E-state index in [-0.39, 0.29) is 12.4 Å². The smallest absolute Gasteiger partial charge is 0.263 e. The summed E-state index contributed by atoms with van der Waals surface area (Å²) in [7, 11) is 1.60. The minimum absolute atomic E-state index is 0. The zero-order chi connectivity index (χ0) is 17.4. The van der Waals surface area contributed by atoms with E-state index in [0.29, 0.717) is 36.5 Å². The third-order valence-electron chi connectivity index (χ3n) is 3.23. The van der Waals surface area contributed by atoms with Gasteiger partial charge in [-0.05, 0) is 12.1 Å². The van der Waals surface area contributed by atoms with E-state index in [4.69, 9.17) is 33.8 Å². The molecule has 138 valence electrons. The number of rotatable bonds is 9. The van der Waals surface area contributed by atoms with E-state index < -0.39 is 0 Å². The Hall–Kier alpha value is -1.90. The molecule has 0 unspecified atom stereocenters. The summed E-state index contributed by atoms with van der Waals surface area (Å²) in [5, 5.41) is 11.5. The standard InChI is InChI=1S/C14H19Cl2N7O.ClH/c1-24-13-8-12(22(6-4-15)7-5-16)3-2-11(13)9-18-20-14-21-19-10-23(14)17;/h2-3,8-10H,4-7,17H2,1H3,(H,20,21);1H/b18-9+;. The Morgan fingerprint density at radius 2 is 2.08 bits per heavy atom. The van der Waals surface area contributed by atoms with E-state index in [1.807, 2.05) is 18.2 Å². The van der Waals surface area contributed by atoms with Crippen LogP contribution in [0.2, 0.25) is 0 Å². The van der Waals surface area contributed by atoms with Gasteiger partial charge in [0, 0.05) is 42.2 Å². The van der Waals surface area contributed by atoms with Gasteiger partial charge in [0.15, 0.2) is 0 Å². The minimum atomic E-state index is 0. The van der Waals surface area contributed by atoms with Crippen LogP contribution in [-0.2, 0) is 0 Å². The molecule has 0 radical (unpaired) electrons. The summed E-state index contributed by atoms with van der Waals surface area (Å²) in [4.78, 5) is 2.10. The van der Waals surface area contributed by atoms with Gasteiger partial charge in [-0.3, -0.25) is 0 Å². The number of aromatic nitrogens is 3. The van der Waals surface area contributed by atoms with E-state index >= 15 is 0 Å². The van der Waals surface area contributed by atoms with Crippen molar-refractivity contribution in [3.05, 3.63) is 30.1 Å². The Bertz CT molecular complexity index is 674. The number of nitrogens with one attached hydrogen (secondary N) is 1. The number of anilines is 2. The maximum atomic E-state index is 5.85. The van der Waals surface area contributed by atoms with Crippen LogP contribution in [0.5, 0.6) is 5.75 Å². The minimum Gasteiger partial charge on any atom is -0.496 e. The average molecular weight is 409 g/mol. The molecule has 8 nitrogen and oxygen atoms in total. The molecule has 0 saturated carbocycles. The molecule has 0 fully saturated rings. The molecule has 0 aliphatic carbocycles. The van der Waals surface area contributed by atoms with E-state index in [9.17, 15) is 0 Å². The highest BCUT2D eigenvalue weighted by atomic mass is 35.5. The first-order valence-corrected chi connectivity index (χ1v) is 8.25. The number of hydrogen-bond acceptors (Lipinski definition) is 7. The molecule has 1 aromatic carbocycles. The van der Waals surface area contributed by atoms with Gasteiger partial charge in [0.25, 0.3) is 5.95 Å². The summed E-state index contributed by atoms with van der Waals surface area (Å²) >= 11 is 11.7. The van der Waals surface area contributed by atoms with E-state index in [1.165, 1.54) is 11.0 Å². The largest absolute Gasteiger partial charge is 0.496 e. The summed E-state index contributed by atoms with van der Waals surface area (Å²) in [6.07, 6.45) is 2.99. The second-order valence-electron chi connectivity index (χ2n) is 4.72. The van der Waals surface area contributed by atoms with Crippen LogP contribution in [0.25, 0.3) is 0 Å². The zero-order valence-electron chi connectivity index (χ0n) is 13.6. The second kappa shape index (κ2) is 10.9. The summed E-state index contributed by atoms with van der Waals surface area (Å²) in [5.41, 5.74) is 4.49. The Morgan fingerprint density at radius 3 is 2.64 bits per heavy atom. The van der Waals surface area contributed by atoms with E-state index in [0.717, 1.165) is 11.3 Å². The Morgan fingerprint density at radius 1 is 1.36 bits per heavy atom. The number of alkyl halides is 2. The molecule has 0 bridgehead atoms. The van der Waals surface area contributed by atoms with Crippen LogP contribution >= 0.6 is 35.6 Å². The van der Waals surface area contributed by atoms with Crippen LogP contribution in [0.1, 0.15) is 5.56 Å². The number of halogens is 3. The SMILES string of the molecule is COc1cc(N(CCCl)CCCl)ccc1/C=N/Nc1nncn1N.Cl. The van der Waals surface area contributed by atoms with Gasteiger partial charge < -0.3 is 15.5 Å². The third-order valence-corrected chi connectivity index (χ3v) is 3.57. The molecule has 0 amide bonds. The molecule has 1 heterocycles. The molecule has 1 aromatic heterocycles. The fourth-order valence-corrected chi connectivity index (χ4v) is 2.47. The number of nitrogen functional groups attached to an aromatic ring is 1. The normalized spacial score (nSPS) is 10.5. The molecule has 2 rings (SSSR count). The van der Waals surface area contributed by atoms with Crippen LogP contribution in [0.3, 0.4) is 0 Å². The predicted molar refractivity (Wildman–Crippen MR) is 105 cm³/mol. The lowest BCUT2D eigenvalue weighted by Crippen LogP contribution is -2.27. The number of nitrogens with two attached hydrogens (primary N) is 1. The molecule has 2 aromatic rings. The first kappa shape index (κ1) is 21.1. The van der Waals surface area contributed by atoms with Gasteiger partial charge in [-0.2, -0.15) is 5.10 Å². The highest BCUT2D eigenvalue weighted by Gasteiger charge is 2.09. The van der Waals surface area contributed by atoms with Crippen molar-refractivity contribution in [2.24, 2.45) is 5.10 Å². The maximum absolute atomic E-state index is 5.85. The highest BCUT2D eigenvalue weighted by molar-refractivity contribution is 6.18. The van der Waals surface area contributed by atoms with Crippen LogP contribution in [0.15, 0.2) is 29.6 Å². The lowest BCUT2D eigenvalue weighted by molar-refractivity contribution is 0.414. The van der Waals surface area contributed by atoms with Crippen molar-refractivity contribution < 1.29 is 4.74 Å². The van der Waals surface area contributed by atoms with Crippen molar-refractivity contribution in [1.82, 2.24) is 14.9 Å². The monoisotopic (exact) mass is 407 g/mol. The van der Waals surface area contributed by atoms with Gasteiger partial charge in [-0.1, -0.05) is 0 Å². The van der Waals surface area contributed by atoms with Gasteiger partial charge in [0.1, 0.15) is 12.1 Å². The Balaban J connectivity index is 0.00000312. The quantitative estimate of drug-likeness (QED) is 0.286. The molecule has 0 atom stereocenters. The third kappa shape index (κ3) is 5.84. The van der Waals surface area contributed by atoms with Gasteiger partial charge in [0.05, 0.1) is 13.3 Å². The number of ether oxygens (including phenoxy) is 1. The summed E-state index contributed by atoms with van der Waals surface area (Å²) in [5.74, 6) is 7.64. The Kier molecular flexibility index (Phi) is 9.18. The zero-order valence-corrected chi connectivity index (χ0v) is 15.9. The number of hydrogen-bond donors (Lipinski definition) is 2. The lowest BCUT2D eigenvalue weighted by atomic mass is 10.2. The van der Waals surface area contributed by atoms with Crippen molar-refractivity contribution in [3.63, 3.8) is 0 Å². The number of methoxy groups -OCH3 is 1. The van der Waals surface area contributed by atoms with Gasteiger partial charge in [-0.25, -0.2) is 10.1 Å². The average Bonchev–Trinajstić information content (AvgIpc) is 3.00. The molecule has 0 spiro atoms. The van der Waals surface area contributed by atoms with Gasteiger partial charge in [-0.15, -0.1) is 45.8 Å². The molecule has 0 saturated heterocycles. The highest BCUT2D eigenvalue weighted by Crippen LogP contribution is 2.25. The fraction of sp³-hybridized carbons (Fsp3) is 0.357. The molecule has 0 aliphatic rings. The first-order valence-electron chi connectivity index (χ1n) is 7.18. The fourth-order valence-electron chi connectivity index (χ4n) is 2.06. The molecule has 25 heavy (non-hydrogen) atoms. The molecular weight excluding hydrogens is 389 g/mol. The van der Waals surface area contributed by atoms with Crippen molar-refractivity contribution in [2.75, 3.05) is 48.1 Å². The van der Waals surface area contributed by atoms with Gasteiger partial charge in [0.2, 0.25) is 0 Å². The lowest BCUT2D eigenvalue weighted by Gasteiger charge is -2.23. The molecule has 3 N–H and O–H groups in total. The molecule has 0 aliphatic heterocycles. The predicted octanol–water partition coefficient (Wildman–Crippen LogP) is 2.15. The van der Waals surface area contributed by atoms with Crippen LogP contribution < -0.4 is 20.9 Å². The number of nitrogens with zero attached hydrogens (tertiary/aromatic N) is 5. The van der Waals surface area contributed by atoms with Crippen LogP contribution in [0, 0.1) is 0 Å². The van der Waals surface area contributed by atoms with Crippen LogP contribution in [0.4, 0.5) is 11.6 Å².